The Bertz CT molecular complexity index is 1160. The van der Waals surface area contributed by atoms with Crippen molar-refractivity contribution < 1.29 is 18.7 Å². The lowest BCUT2D eigenvalue weighted by Gasteiger charge is -2.31. The van der Waals surface area contributed by atoms with Gasteiger partial charge in [0.1, 0.15) is 17.6 Å². The minimum Gasteiger partial charge on any atom is -0.483 e. The number of nitrogens with zero attached hydrogens (tertiary/aromatic N) is 1. The Labute approximate surface area is 213 Å². The van der Waals surface area contributed by atoms with E-state index in [2.05, 4.69) is 11.4 Å². The number of amides is 2. The SMILES string of the molecule is CCCNC(=O)[C@@H](Cc1ccccc1)N(Cc1ccc(F)cc1)C(=O)COc1cc(C)cc(C)c1C. The molecule has 0 saturated carbocycles. The van der Waals surface area contributed by atoms with Crippen LogP contribution in [0.4, 0.5) is 4.39 Å². The van der Waals surface area contributed by atoms with Gasteiger partial charge in [0.25, 0.3) is 5.91 Å². The number of benzene rings is 3. The second-order valence-electron chi connectivity index (χ2n) is 9.14. The number of ether oxygens (including phenoxy) is 1. The number of rotatable bonds is 11. The molecule has 0 bridgehead atoms. The quantitative estimate of drug-likeness (QED) is 0.397. The van der Waals surface area contributed by atoms with E-state index in [4.69, 9.17) is 4.74 Å². The molecule has 2 amide bonds. The van der Waals surface area contributed by atoms with Crippen LogP contribution >= 0.6 is 0 Å². The fourth-order valence-electron chi connectivity index (χ4n) is 4.08. The summed E-state index contributed by atoms with van der Waals surface area (Å²) in [5, 5.41) is 2.95. The molecule has 0 aliphatic rings. The Kier molecular flexibility index (Phi) is 9.62. The molecule has 0 radical (unpaired) electrons. The zero-order chi connectivity index (χ0) is 26.1. The molecule has 0 aromatic heterocycles. The van der Waals surface area contributed by atoms with E-state index >= 15 is 0 Å². The largest absolute Gasteiger partial charge is 0.483 e. The third kappa shape index (κ3) is 7.41. The van der Waals surface area contributed by atoms with Gasteiger partial charge in [-0.25, -0.2) is 4.39 Å². The zero-order valence-electron chi connectivity index (χ0n) is 21.5. The van der Waals surface area contributed by atoms with Crippen molar-refractivity contribution in [3.63, 3.8) is 0 Å². The lowest BCUT2D eigenvalue weighted by Crippen LogP contribution is -2.51. The number of hydrogen-bond acceptors (Lipinski definition) is 3. The van der Waals surface area contributed by atoms with Gasteiger partial charge < -0.3 is 15.0 Å². The van der Waals surface area contributed by atoms with E-state index in [1.165, 1.54) is 12.1 Å². The number of aryl methyl sites for hydroxylation is 2. The van der Waals surface area contributed by atoms with Crippen LogP contribution in [0, 0.1) is 26.6 Å². The monoisotopic (exact) mass is 490 g/mol. The van der Waals surface area contributed by atoms with Crippen molar-refractivity contribution in [2.45, 2.75) is 53.1 Å². The highest BCUT2D eigenvalue weighted by Gasteiger charge is 2.30. The number of nitrogens with one attached hydrogen (secondary N) is 1. The second-order valence-corrected chi connectivity index (χ2v) is 9.14. The molecule has 3 aromatic rings. The van der Waals surface area contributed by atoms with Gasteiger partial charge in [0.2, 0.25) is 5.91 Å². The third-order valence-corrected chi connectivity index (χ3v) is 6.20. The van der Waals surface area contributed by atoms with Gasteiger partial charge in [0.15, 0.2) is 6.61 Å². The Balaban J connectivity index is 1.91. The molecule has 0 aliphatic heterocycles. The summed E-state index contributed by atoms with van der Waals surface area (Å²) in [5.74, 6) is -0.242. The molecule has 0 aliphatic carbocycles. The maximum Gasteiger partial charge on any atom is 0.261 e. The van der Waals surface area contributed by atoms with Gasteiger partial charge in [-0.2, -0.15) is 0 Å². The number of halogens is 1. The minimum absolute atomic E-state index is 0.158. The fraction of sp³-hybridized carbons (Fsp3) is 0.333. The molecule has 0 unspecified atom stereocenters. The summed E-state index contributed by atoms with van der Waals surface area (Å²) in [4.78, 5) is 28.5. The van der Waals surface area contributed by atoms with E-state index in [0.717, 1.165) is 34.2 Å². The third-order valence-electron chi connectivity index (χ3n) is 6.20. The summed E-state index contributed by atoms with van der Waals surface area (Å²) in [5.41, 5.74) is 4.77. The predicted molar refractivity (Wildman–Crippen MR) is 140 cm³/mol. The molecular weight excluding hydrogens is 455 g/mol. The molecule has 3 rings (SSSR count). The van der Waals surface area contributed by atoms with E-state index in [1.54, 1.807) is 17.0 Å². The second kappa shape index (κ2) is 12.9. The first kappa shape index (κ1) is 26.9. The van der Waals surface area contributed by atoms with Crippen molar-refractivity contribution in [2.75, 3.05) is 13.2 Å². The standard InChI is InChI=1S/C30H35FN2O3/c1-5-15-32-30(35)27(18-24-9-7-6-8-10-24)33(19-25-11-13-26(31)14-12-25)29(34)20-36-28-17-21(2)16-22(3)23(28)4/h6-14,16-17,27H,5,15,18-20H2,1-4H3,(H,32,35)/t27-/m1/s1. The van der Waals surface area contributed by atoms with Crippen molar-refractivity contribution in [1.29, 1.82) is 0 Å². The molecule has 36 heavy (non-hydrogen) atoms. The van der Waals surface area contributed by atoms with Gasteiger partial charge >= 0.3 is 0 Å². The van der Waals surface area contributed by atoms with Crippen molar-refractivity contribution >= 4 is 11.8 Å². The number of hydrogen-bond donors (Lipinski definition) is 1. The smallest absolute Gasteiger partial charge is 0.261 e. The van der Waals surface area contributed by atoms with Crippen LogP contribution in [0.2, 0.25) is 0 Å². The normalized spacial score (nSPS) is 11.6. The molecule has 3 aromatic carbocycles. The number of carbonyl (C=O) groups is 2. The summed E-state index contributed by atoms with van der Waals surface area (Å²) in [6, 6.07) is 18.8. The van der Waals surface area contributed by atoms with Crippen LogP contribution < -0.4 is 10.1 Å². The van der Waals surface area contributed by atoms with Crippen molar-refractivity contribution in [3.05, 3.63) is 100 Å². The van der Waals surface area contributed by atoms with Gasteiger partial charge in [-0.05, 0) is 73.2 Å². The topological polar surface area (TPSA) is 58.6 Å². The van der Waals surface area contributed by atoms with Crippen LogP contribution in [0.3, 0.4) is 0 Å². The predicted octanol–water partition coefficient (Wildman–Crippen LogP) is 5.30. The summed E-state index contributed by atoms with van der Waals surface area (Å²) in [6.07, 6.45) is 1.14. The van der Waals surface area contributed by atoms with Gasteiger partial charge in [-0.3, -0.25) is 9.59 Å². The fourth-order valence-corrected chi connectivity index (χ4v) is 4.08. The van der Waals surface area contributed by atoms with E-state index < -0.39 is 6.04 Å². The van der Waals surface area contributed by atoms with Gasteiger partial charge in [-0.15, -0.1) is 0 Å². The Morgan fingerprint density at radius 2 is 1.67 bits per heavy atom. The highest BCUT2D eigenvalue weighted by Crippen LogP contribution is 2.24. The average Bonchev–Trinajstić information content (AvgIpc) is 2.87. The van der Waals surface area contributed by atoms with Gasteiger partial charge in [0, 0.05) is 19.5 Å². The molecule has 1 atom stereocenters. The van der Waals surface area contributed by atoms with Gasteiger partial charge in [-0.1, -0.05) is 55.5 Å². The van der Waals surface area contributed by atoms with Crippen LogP contribution in [0.5, 0.6) is 5.75 Å². The van der Waals surface area contributed by atoms with Crippen LogP contribution in [0.15, 0.2) is 66.7 Å². The summed E-state index contributed by atoms with van der Waals surface area (Å²) < 4.78 is 19.5. The zero-order valence-corrected chi connectivity index (χ0v) is 21.5. The molecule has 0 saturated heterocycles. The Morgan fingerprint density at radius 3 is 2.33 bits per heavy atom. The molecular formula is C30H35FN2O3. The summed E-state index contributed by atoms with van der Waals surface area (Å²) in [7, 11) is 0. The van der Waals surface area contributed by atoms with E-state index in [-0.39, 0.29) is 30.8 Å². The highest BCUT2D eigenvalue weighted by atomic mass is 19.1. The van der Waals surface area contributed by atoms with E-state index in [1.807, 2.05) is 64.1 Å². The summed E-state index contributed by atoms with van der Waals surface area (Å²) in [6.45, 7) is 8.39. The maximum absolute atomic E-state index is 13.6. The molecule has 0 fully saturated rings. The van der Waals surface area contributed by atoms with E-state index in [9.17, 15) is 14.0 Å². The van der Waals surface area contributed by atoms with Crippen LogP contribution in [0.25, 0.3) is 0 Å². The molecule has 0 heterocycles. The Hall–Kier alpha value is -3.67. The molecule has 190 valence electrons. The first-order valence-corrected chi connectivity index (χ1v) is 12.3. The summed E-state index contributed by atoms with van der Waals surface area (Å²) >= 11 is 0. The van der Waals surface area contributed by atoms with Crippen LogP contribution in [-0.4, -0.2) is 35.9 Å². The first-order valence-electron chi connectivity index (χ1n) is 12.3. The molecule has 0 spiro atoms. The average molecular weight is 491 g/mol. The van der Waals surface area contributed by atoms with Crippen molar-refractivity contribution in [3.8, 4) is 5.75 Å². The lowest BCUT2D eigenvalue weighted by atomic mass is 10.0. The maximum atomic E-state index is 13.6. The highest BCUT2D eigenvalue weighted by molar-refractivity contribution is 5.88. The van der Waals surface area contributed by atoms with E-state index in [0.29, 0.717) is 18.7 Å². The van der Waals surface area contributed by atoms with Crippen molar-refractivity contribution in [2.24, 2.45) is 0 Å². The minimum atomic E-state index is -0.750. The van der Waals surface area contributed by atoms with Gasteiger partial charge in [0.05, 0.1) is 0 Å². The lowest BCUT2D eigenvalue weighted by molar-refractivity contribution is -0.142. The van der Waals surface area contributed by atoms with Crippen LogP contribution in [0.1, 0.15) is 41.2 Å². The Morgan fingerprint density at radius 1 is 0.972 bits per heavy atom. The molecule has 5 nitrogen and oxygen atoms in total. The molecule has 6 heteroatoms. The van der Waals surface area contributed by atoms with Crippen LogP contribution in [-0.2, 0) is 22.6 Å². The number of carbonyl (C=O) groups excluding carboxylic acids is 2. The first-order chi connectivity index (χ1) is 17.3. The van der Waals surface area contributed by atoms with Crippen molar-refractivity contribution in [1.82, 2.24) is 10.2 Å². The molecule has 1 N–H and O–H groups in total.